The molecule has 7 unspecified atom stereocenters. The number of esters is 1. The molecule has 0 spiro atoms. The minimum atomic E-state index is -0.373. The zero-order chi connectivity index (χ0) is 19.6. The van der Waals surface area contributed by atoms with E-state index in [0.717, 1.165) is 38.5 Å². The molecule has 152 valence electrons. The summed E-state index contributed by atoms with van der Waals surface area (Å²) in [7, 11) is 0. The van der Waals surface area contributed by atoms with Crippen LogP contribution in [0.5, 0.6) is 0 Å². The van der Waals surface area contributed by atoms with Crippen molar-refractivity contribution in [3.05, 3.63) is 0 Å². The third-order valence-corrected chi connectivity index (χ3v) is 9.55. The van der Waals surface area contributed by atoms with Crippen LogP contribution in [0, 0.1) is 40.4 Å². The largest absolute Gasteiger partial charge is 0.463 e. The molecule has 0 saturated heterocycles. The van der Waals surface area contributed by atoms with Crippen LogP contribution in [0.3, 0.4) is 0 Å². The molecule has 4 saturated carbocycles. The lowest BCUT2D eigenvalue weighted by atomic mass is 9.44. The van der Waals surface area contributed by atoms with Gasteiger partial charge >= 0.3 is 5.97 Å². The van der Waals surface area contributed by atoms with Crippen molar-refractivity contribution in [1.29, 1.82) is 0 Å². The van der Waals surface area contributed by atoms with Crippen molar-refractivity contribution in [3.63, 3.8) is 0 Å². The minimum absolute atomic E-state index is 0.0312. The summed E-state index contributed by atoms with van der Waals surface area (Å²) in [4.78, 5) is 23.7. The monoisotopic (exact) mass is 376 g/mol. The fourth-order valence-corrected chi connectivity index (χ4v) is 8.18. The van der Waals surface area contributed by atoms with Crippen LogP contribution in [0.1, 0.15) is 79.1 Å². The Kier molecular flexibility index (Phi) is 4.73. The third-order valence-electron chi connectivity index (χ3n) is 9.55. The summed E-state index contributed by atoms with van der Waals surface area (Å²) in [6, 6.07) is 0. The van der Waals surface area contributed by atoms with E-state index in [4.69, 9.17) is 4.74 Å². The third kappa shape index (κ3) is 2.81. The molecule has 1 N–H and O–H groups in total. The molecule has 4 rings (SSSR count). The van der Waals surface area contributed by atoms with Gasteiger partial charge in [0.2, 0.25) is 0 Å². The zero-order valence-corrected chi connectivity index (χ0v) is 17.4. The second kappa shape index (κ2) is 6.57. The van der Waals surface area contributed by atoms with E-state index in [9.17, 15) is 14.7 Å². The molecule has 4 fully saturated rings. The number of ketones is 1. The van der Waals surface area contributed by atoms with Crippen molar-refractivity contribution < 1.29 is 19.4 Å². The van der Waals surface area contributed by atoms with Gasteiger partial charge in [0, 0.05) is 18.3 Å². The summed E-state index contributed by atoms with van der Waals surface area (Å²) in [5, 5.41) is 11.3. The Labute approximate surface area is 163 Å². The number of Topliss-reactive ketones (excluding diaryl/α,β-unsaturated/α-hetero) is 1. The number of carbonyl (C=O) groups excluding carboxylic acids is 2. The van der Waals surface area contributed by atoms with Gasteiger partial charge in [0.1, 0.15) is 11.9 Å². The summed E-state index contributed by atoms with van der Waals surface area (Å²) in [6.07, 6.45) is 8.00. The van der Waals surface area contributed by atoms with Crippen LogP contribution in [0.25, 0.3) is 0 Å². The Morgan fingerprint density at radius 3 is 2.37 bits per heavy atom. The first-order valence-electron chi connectivity index (χ1n) is 11.0. The van der Waals surface area contributed by atoms with Gasteiger partial charge in [-0.05, 0) is 87.4 Å². The lowest BCUT2D eigenvalue weighted by Crippen LogP contribution is -2.59. The van der Waals surface area contributed by atoms with E-state index in [0.29, 0.717) is 23.7 Å². The predicted molar refractivity (Wildman–Crippen MR) is 103 cm³/mol. The van der Waals surface area contributed by atoms with Gasteiger partial charge in [0.05, 0.1) is 6.10 Å². The van der Waals surface area contributed by atoms with E-state index in [1.807, 2.05) is 0 Å². The van der Waals surface area contributed by atoms with Crippen molar-refractivity contribution in [2.24, 2.45) is 40.4 Å². The molecule has 0 radical (unpaired) electrons. The maximum absolute atomic E-state index is 12.3. The van der Waals surface area contributed by atoms with Crippen LogP contribution in [-0.4, -0.2) is 29.1 Å². The molecule has 4 aliphatic carbocycles. The van der Waals surface area contributed by atoms with E-state index < -0.39 is 0 Å². The minimum Gasteiger partial charge on any atom is -0.463 e. The quantitative estimate of drug-likeness (QED) is 0.736. The molecule has 0 bridgehead atoms. The van der Waals surface area contributed by atoms with Crippen molar-refractivity contribution in [1.82, 2.24) is 0 Å². The highest BCUT2D eigenvalue weighted by molar-refractivity contribution is 5.79. The Hall–Kier alpha value is -0.900. The fraction of sp³-hybridized carbons (Fsp3) is 0.913. The van der Waals surface area contributed by atoms with Gasteiger partial charge in [-0.15, -0.1) is 0 Å². The van der Waals surface area contributed by atoms with E-state index in [1.54, 1.807) is 6.92 Å². The van der Waals surface area contributed by atoms with Crippen LogP contribution in [-0.2, 0) is 14.3 Å². The molecule has 27 heavy (non-hydrogen) atoms. The summed E-state index contributed by atoms with van der Waals surface area (Å²) in [6.45, 7) is 7.86. The highest BCUT2D eigenvalue weighted by atomic mass is 16.5. The molecule has 0 amide bonds. The van der Waals surface area contributed by atoms with Crippen LogP contribution in [0.2, 0.25) is 0 Å². The molecule has 0 aromatic heterocycles. The number of rotatable bonds is 2. The maximum atomic E-state index is 12.3. The Morgan fingerprint density at radius 1 is 0.963 bits per heavy atom. The molecule has 4 nitrogen and oxygen atoms in total. The fourth-order valence-electron chi connectivity index (χ4n) is 8.18. The highest BCUT2D eigenvalue weighted by Gasteiger charge is 2.64. The Morgan fingerprint density at radius 2 is 1.70 bits per heavy atom. The van der Waals surface area contributed by atoms with Crippen molar-refractivity contribution in [3.8, 4) is 0 Å². The smallest absolute Gasteiger partial charge is 0.302 e. The number of hydrogen-bond acceptors (Lipinski definition) is 4. The maximum Gasteiger partial charge on any atom is 0.302 e. The van der Waals surface area contributed by atoms with Gasteiger partial charge in [-0.25, -0.2) is 0 Å². The number of carbonyl (C=O) groups is 2. The second-order valence-electron chi connectivity index (χ2n) is 10.5. The second-order valence-corrected chi connectivity index (χ2v) is 10.5. The molecular weight excluding hydrogens is 340 g/mol. The summed E-state index contributed by atoms with van der Waals surface area (Å²) in [5.74, 6) is 2.36. The molecular formula is C23H36O4. The van der Waals surface area contributed by atoms with Gasteiger partial charge in [0.15, 0.2) is 0 Å². The average Bonchev–Trinajstić information content (AvgIpc) is 2.95. The Balaban J connectivity index is 1.58. The van der Waals surface area contributed by atoms with Gasteiger partial charge in [0.25, 0.3) is 0 Å². The number of aliphatic hydroxyl groups is 1. The normalized spacial score (nSPS) is 51.7. The zero-order valence-electron chi connectivity index (χ0n) is 17.4. The number of hydrogen-bond donors (Lipinski definition) is 1. The van der Waals surface area contributed by atoms with E-state index >= 15 is 0 Å². The number of aliphatic hydroxyl groups excluding tert-OH is 1. The van der Waals surface area contributed by atoms with Gasteiger partial charge in [-0.1, -0.05) is 13.8 Å². The first-order chi connectivity index (χ1) is 12.7. The summed E-state index contributed by atoms with van der Waals surface area (Å²) in [5.41, 5.74) is 0.00132. The Bertz CT molecular complexity index is 630. The first kappa shape index (κ1) is 19.4. The van der Waals surface area contributed by atoms with Crippen molar-refractivity contribution in [2.75, 3.05) is 0 Å². The van der Waals surface area contributed by atoms with Crippen LogP contribution in [0.15, 0.2) is 0 Å². The van der Waals surface area contributed by atoms with Crippen LogP contribution < -0.4 is 0 Å². The molecule has 0 aromatic carbocycles. The van der Waals surface area contributed by atoms with Gasteiger partial charge in [-0.3, -0.25) is 9.59 Å². The van der Waals surface area contributed by atoms with E-state index in [-0.39, 0.29) is 40.7 Å². The lowest BCUT2D eigenvalue weighted by molar-refractivity contribution is -0.179. The van der Waals surface area contributed by atoms with Gasteiger partial charge < -0.3 is 9.84 Å². The predicted octanol–water partition coefficient (Wildman–Crippen LogP) is 4.14. The van der Waals surface area contributed by atoms with Crippen molar-refractivity contribution in [2.45, 2.75) is 91.3 Å². The molecule has 4 heteroatoms. The SMILES string of the molecule is CC(=O)O[C@@H]1CCC2(C)C(CCC3C2C[C@H](O)C2(C)C(C(C)=O)CCC32)C1. The number of ether oxygens (including phenoxy) is 1. The molecule has 4 aliphatic rings. The first-order valence-corrected chi connectivity index (χ1v) is 11.0. The van der Waals surface area contributed by atoms with Crippen LogP contribution in [0.4, 0.5) is 0 Å². The van der Waals surface area contributed by atoms with E-state index in [2.05, 4.69) is 13.8 Å². The van der Waals surface area contributed by atoms with Gasteiger partial charge in [-0.2, -0.15) is 0 Å². The highest BCUT2D eigenvalue weighted by Crippen LogP contribution is 2.67. The average molecular weight is 377 g/mol. The molecule has 0 aliphatic heterocycles. The number of fused-ring (bicyclic) bond motifs is 5. The summed E-state index contributed by atoms with van der Waals surface area (Å²) >= 11 is 0. The topological polar surface area (TPSA) is 63.6 Å². The van der Waals surface area contributed by atoms with Crippen molar-refractivity contribution >= 4 is 11.8 Å². The van der Waals surface area contributed by atoms with E-state index in [1.165, 1.54) is 19.8 Å². The summed E-state index contributed by atoms with van der Waals surface area (Å²) < 4.78 is 5.54. The molecule has 0 aromatic rings. The molecule has 0 heterocycles. The lowest BCUT2D eigenvalue weighted by Gasteiger charge is -2.62. The molecule has 9 atom stereocenters. The van der Waals surface area contributed by atoms with Crippen LogP contribution >= 0.6 is 0 Å². The standard InChI is InChI=1S/C23H36O4/c1-13(24)18-7-8-19-17-6-5-15-11-16(27-14(2)25)9-10-22(15,3)20(17)12-21(26)23(18,19)4/h15-21,26H,5-12H2,1-4H3/t15?,16-,17?,18?,19?,20?,21+,22?,23?/m1/s1.